The van der Waals surface area contributed by atoms with Crippen molar-refractivity contribution < 1.29 is 9.53 Å². The molecule has 0 saturated carbocycles. The predicted octanol–water partition coefficient (Wildman–Crippen LogP) is 1.46. The van der Waals surface area contributed by atoms with Gasteiger partial charge in [-0.1, -0.05) is 24.8 Å². The van der Waals surface area contributed by atoms with Crippen molar-refractivity contribution in [3.63, 3.8) is 0 Å². The van der Waals surface area contributed by atoms with E-state index in [0.717, 1.165) is 23.7 Å². The number of aromatic nitrogens is 1. The third kappa shape index (κ3) is 4.63. The number of carbonyl (C=O) groups excluding carboxylic acids is 1. The maximum atomic E-state index is 10.9. The lowest BCUT2D eigenvalue weighted by atomic mass is 10.3. The molecule has 5 heteroatoms. The van der Waals surface area contributed by atoms with E-state index >= 15 is 0 Å². The number of nitrogens with one attached hydrogen (secondary N) is 1. The highest BCUT2D eigenvalue weighted by molar-refractivity contribution is 7.99. The maximum absolute atomic E-state index is 10.9. The minimum Gasteiger partial charge on any atom is -0.468 e. The number of nitrogens with zero attached hydrogens (tertiary/aromatic N) is 1. The maximum Gasteiger partial charge on any atom is 0.316 e. The molecule has 1 heterocycles. The Morgan fingerprint density at radius 3 is 2.94 bits per heavy atom. The van der Waals surface area contributed by atoms with Gasteiger partial charge in [-0.15, -0.1) is 0 Å². The summed E-state index contributed by atoms with van der Waals surface area (Å²) in [7, 11) is 1.38. The molecular formula is C11H16N2O2S. The zero-order valence-corrected chi connectivity index (χ0v) is 10.3. The van der Waals surface area contributed by atoms with Crippen molar-refractivity contribution in [3.8, 4) is 0 Å². The van der Waals surface area contributed by atoms with Gasteiger partial charge in [-0.25, -0.2) is 4.98 Å². The number of methoxy groups -OCH3 is 1. The molecule has 0 radical (unpaired) electrons. The fraction of sp³-hybridized carbons (Fsp3) is 0.455. The van der Waals surface area contributed by atoms with Crippen LogP contribution in [0, 0.1) is 0 Å². The van der Waals surface area contributed by atoms with Gasteiger partial charge in [-0.3, -0.25) is 4.79 Å². The van der Waals surface area contributed by atoms with E-state index < -0.39 is 0 Å². The molecule has 0 saturated heterocycles. The van der Waals surface area contributed by atoms with Crippen molar-refractivity contribution in [1.82, 2.24) is 10.3 Å². The second-order valence-electron chi connectivity index (χ2n) is 3.15. The molecule has 0 fully saturated rings. The summed E-state index contributed by atoms with van der Waals surface area (Å²) < 4.78 is 4.55. The van der Waals surface area contributed by atoms with E-state index in [1.165, 1.54) is 18.9 Å². The predicted molar refractivity (Wildman–Crippen MR) is 64.4 cm³/mol. The molecule has 0 aromatic carbocycles. The minimum atomic E-state index is -0.233. The molecule has 0 aliphatic heterocycles. The Morgan fingerprint density at radius 2 is 2.38 bits per heavy atom. The Hall–Kier alpha value is -1.07. The van der Waals surface area contributed by atoms with Crippen LogP contribution in [0.15, 0.2) is 23.4 Å². The highest BCUT2D eigenvalue weighted by Crippen LogP contribution is 2.15. The van der Waals surface area contributed by atoms with Gasteiger partial charge in [0.25, 0.3) is 0 Å². The third-order valence-electron chi connectivity index (χ3n) is 1.94. The zero-order chi connectivity index (χ0) is 11.8. The summed E-state index contributed by atoms with van der Waals surface area (Å²) in [6.07, 6.45) is 1.82. The van der Waals surface area contributed by atoms with Gasteiger partial charge in [0.1, 0.15) is 0 Å². The van der Waals surface area contributed by atoms with Crippen LogP contribution in [0.5, 0.6) is 0 Å². The fourth-order valence-electron chi connectivity index (χ4n) is 1.06. The van der Waals surface area contributed by atoms with Gasteiger partial charge < -0.3 is 10.1 Å². The topological polar surface area (TPSA) is 51.2 Å². The first-order valence-electron chi connectivity index (χ1n) is 5.11. The summed E-state index contributed by atoms with van der Waals surface area (Å²) >= 11 is 1.38. The quantitative estimate of drug-likeness (QED) is 0.602. The van der Waals surface area contributed by atoms with E-state index in [0.29, 0.717) is 5.75 Å². The second-order valence-corrected chi connectivity index (χ2v) is 4.15. The van der Waals surface area contributed by atoms with Crippen molar-refractivity contribution in [2.24, 2.45) is 0 Å². The molecular weight excluding hydrogens is 224 g/mol. The molecule has 0 bridgehead atoms. The van der Waals surface area contributed by atoms with E-state index in [1.807, 2.05) is 18.3 Å². The molecule has 0 amide bonds. The number of hydrogen-bond donors (Lipinski definition) is 1. The first-order valence-corrected chi connectivity index (χ1v) is 6.10. The zero-order valence-electron chi connectivity index (χ0n) is 9.53. The number of carbonyl (C=O) groups is 1. The first kappa shape index (κ1) is 13.0. The Kier molecular flexibility index (Phi) is 5.88. The molecule has 88 valence electrons. The lowest BCUT2D eigenvalue weighted by Gasteiger charge is -2.03. The molecule has 1 aromatic rings. The summed E-state index contributed by atoms with van der Waals surface area (Å²) in [5.74, 6) is 0.0688. The highest BCUT2D eigenvalue weighted by atomic mass is 32.2. The van der Waals surface area contributed by atoms with Crippen LogP contribution in [0.4, 0.5) is 0 Å². The third-order valence-corrected chi connectivity index (χ3v) is 2.86. The smallest absolute Gasteiger partial charge is 0.316 e. The van der Waals surface area contributed by atoms with Crippen LogP contribution >= 0.6 is 11.8 Å². The van der Waals surface area contributed by atoms with Crippen molar-refractivity contribution in [2.45, 2.75) is 18.5 Å². The lowest BCUT2D eigenvalue weighted by Crippen LogP contribution is -2.11. The Bertz CT molecular complexity index is 327. The van der Waals surface area contributed by atoms with Crippen molar-refractivity contribution in [3.05, 3.63) is 23.9 Å². The molecule has 0 unspecified atom stereocenters. The van der Waals surface area contributed by atoms with Crippen molar-refractivity contribution in [1.29, 1.82) is 0 Å². The van der Waals surface area contributed by atoms with E-state index in [-0.39, 0.29) is 5.97 Å². The number of pyridine rings is 1. The van der Waals surface area contributed by atoms with Crippen LogP contribution in [0.1, 0.15) is 12.5 Å². The summed E-state index contributed by atoms with van der Waals surface area (Å²) in [6.45, 7) is 3.83. The Morgan fingerprint density at radius 1 is 1.56 bits per heavy atom. The summed E-state index contributed by atoms with van der Waals surface area (Å²) in [5, 5.41) is 4.06. The molecule has 0 aliphatic rings. The van der Waals surface area contributed by atoms with E-state index in [4.69, 9.17) is 0 Å². The first-order chi connectivity index (χ1) is 7.76. The normalized spacial score (nSPS) is 10.1. The van der Waals surface area contributed by atoms with Crippen LogP contribution < -0.4 is 5.32 Å². The van der Waals surface area contributed by atoms with Gasteiger partial charge in [0, 0.05) is 12.7 Å². The molecule has 4 nitrogen and oxygen atoms in total. The van der Waals surface area contributed by atoms with Gasteiger partial charge in [-0.05, 0) is 18.2 Å². The largest absolute Gasteiger partial charge is 0.468 e. The van der Waals surface area contributed by atoms with Crippen LogP contribution in [-0.4, -0.2) is 30.4 Å². The monoisotopic (exact) mass is 240 g/mol. The average Bonchev–Trinajstić information content (AvgIpc) is 2.34. The SMILES string of the molecule is CCNCc1ccc(SCC(=O)OC)nc1. The Balaban J connectivity index is 2.41. The van der Waals surface area contributed by atoms with Gasteiger partial charge >= 0.3 is 5.97 Å². The van der Waals surface area contributed by atoms with E-state index in [1.54, 1.807) is 0 Å². The molecule has 1 rings (SSSR count). The van der Waals surface area contributed by atoms with Crippen molar-refractivity contribution >= 4 is 17.7 Å². The van der Waals surface area contributed by atoms with E-state index in [9.17, 15) is 4.79 Å². The highest BCUT2D eigenvalue weighted by Gasteiger charge is 2.02. The molecule has 0 spiro atoms. The summed E-state index contributed by atoms with van der Waals surface area (Å²) in [5.41, 5.74) is 1.14. The summed E-state index contributed by atoms with van der Waals surface area (Å²) in [4.78, 5) is 15.2. The average molecular weight is 240 g/mol. The summed E-state index contributed by atoms with van der Waals surface area (Å²) in [6, 6.07) is 3.93. The minimum absolute atomic E-state index is 0.233. The molecule has 0 atom stereocenters. The van der Waals surface area contributed by atoms with E-state index in [2.05, 4.69) is 22.0 Å². The number of esters is 1. The van der Waals surface area contributed by atoms with Gasteiger partial charge in [-0.2, -0.15) is 0 Å². The molecule has 0 aliphatic carbocycles. The van der Waals surface area contributed by atoms with Crippen LogP contribution in [-0.2, 0) is 16.1 Å². The second kappa shape index (κ2) is 7.24. The number of rotatable bonds is 6. The van der Waals surface area contributed by atoms with Crippen LogP contribution in [0.2, 0.25) is 0 Å². The van der Waals surface area contributed by atoms with Gasteiger partial charge in [0.15, 0.2) is 0 Å². The Labute approximate surface area is 99.8 Å². The number of thioether (sulfide) groups is 1. The fourth-order valence-corrected chi connectivity index (χ4v) is 1.74. The molecule has 1 aromatic heterocycles. The molecule has 16 heavy (non-hydrogen) atoms. The number of hydrogen-bond acceptors (Lipinski definition) is 5. The lowest BCUT2D eigenvalue weighted by molar-refractivity contribution is -0.137. The van der Waals surface area contributed by atoms with Crippen molar-refractivity contribution in [2.75, 3.05) is 19.4 Å². The van der Waals surface area contributed by atoms with Crippen LogP contribution in [0.3, 0.4) is 0 Å². The number of ether oxygens (including phenoxy) is 1. The van der Waals surface area contributed by atoms with Crippen LogP contribution in [0.25, 0.3) is 0 Å². The van der Waals surface area contributed by atoms with Gasteiger partial charge in [0.05, 0.1) is 17.9 Å². The molecule has 1 N–H and O–H groups in total. The van der Waals surface area contributed by atoms with Gasteiger partial charge in [0.2, 0.25) is 0 Å². The standard InChI is InChI=1S/C11H16N2O2S/c1-3-12-6-9-4-5-10(13-7-9)16-8-11(14)15-2/h4-5,7,12H,3,6,8H2,1-2H3.